The minimum atomic E-state index is 0.908. The fraction of sp³-hybridized carbons (Fsp3) is 0. The third-order valence-electron chi connectivity index (χ3n) is 11.3. The lowest BCUT2D eigenvalue weighted by Crippen LogP contribution is -1.92. The second-order valence-corrected chi connectivity index (χ2v) is 14.1. The Bertz CT molecular complexity index is 3400. The van der Waals surface area contributed by atoms with Gasteiger partial charge >= 0.3 is 0 Å². The van der Waals surface area contributed by atoms with Crippen molar-refractivity contribution in [1.82, 2.24) is 4.57 Å². The smallest absolute Gasteiger partial charge is 0.143 e. The highest BCUT2D eigenvalue weighted by molar-refractivity contribution is 6.38. The van der Waals surface area contributed by atoms with Crippen LogP contribution in [0.4, 0.5) is 0 Å². The summed E-state index contributed by atoms with van der Waals surface area (Å²) < 4.78 is 9.31. The summed E-state index contributed by atoms with van der Waals surface area (Å²) in [4.78, 5) is 0. The van der Waals surface area contributed by atoms with Gasteiger partial charge in [-0.2, -0.15) is 0 Å². The summed E-state index contributed by atoms with van der Waals surface area (Å²) in [6.07, 6.45) is 0. The molecule has 0 fully saturated rings. The molecule has 2 heteroatoms. The van der Waals surface area contributed by atoms with Crippen LogP contribution in [0.3, 0.4) is 0 Å². The van der Waals surface area contributed by atoms with Crippen molar-refractivity contribution in [2.24, 2.45) is 0 Å². The predicted molar refractivity (Wildman–Crippen MR) is 220 cm³/mol. The normalized spacial score (nSPS) is 12.2. The van der Waals surface area contributed by atoms with Gasteiger partial charge in [-0.25, -0.2) is 0 Å². The van der Waals surface area contributed by atoms with Crippen molar-refractivity contribution in [3.05, 3.63) is 176 Å². The highest BCUT2D eigenvalue weighted by Crippen LogP contribution is 2.47. The van der Waals surface area contributed by atoms with Crippen molar-refractivity contribution < 1.29 is 4.42 Å². The lowest BCUT2D eigenvalue weighted by atomic mass is 9.87. The van der Waals surface area contributed by atoms with Crippen LogP contribution in [0.1, 0.15) is 0 Å². The molecule has 52 heavy (non-hydrogen) atoms. The molecule has 12 rings (SSSR count). The summed E-state index contributed by atoms with van der Waals surface area (Å²) in [6, 6.07) is 64.1. The van der Waals surface area contributed by atoms with E-state index in [1.165, 1.54) is 87.3 Å². The largest absolute Gasteiger partial charge is 0.455 e. The lowest BCUT2D eigenvalue weighted by molar-refractivity contribution is 0.673. The molecule has 0 saturated heterocycles. The van der Waals surface area contributed by atoms with E-state index in [9.17, 15) is 0 Å². The van der Waals surface area contributed by atoms with Crippen molar-refractivity contribution in [1.29, 1.82) is 0 Å². The maximum atomic E-state index is 6.95. The van der Waals surface area contributed by atoms with E-state index in [0.717, 1.165) is 27.5 Å². The molecule has 2 nitrogen and oxygen atoms in total. The van der Waals surface area contributed by atoms with Gasteiger partial charge in [-0.1, -0.05) is 121 Å². The molecule has 0 N–H and O–H groups in total. The summed E-state index contributed by atoms with van der Waals surface area (Å²) in [6.45, 7) is 0. The summed E-state index contributed by atoms with van der Waals surface area (Å²) in [7, 11) is 0. The van der Waals surface area contributed by atoms with Crippen LogP contribution in [0.15, 0.2) is 180 Å². The number of fused-ring (bicyclic) bond motifs is 9. The van der Waals surface area contributed by atoms with Crippen molar-refractivity contribution in [2.75, 3.05) is 0 Å². The first-order valence-corrected chi connectivity index (χ1v) is 17.9. The van der Waals surface area contributed by atoms with Crippen LogP contribution in [0.25, 0.3) is 115 Å². The van der Waals surface area contributed by atoms with E-state index < -0.39 is 0 Å². The molecule has 0 spiro atoms. The van der Waals surface area contributed by atoms with Crippen LogP contribution in [0, 0.1) is 0 Å². The van der Waals surface area contributed by atoms with E-state index in [0.29, 0.717) is 0 Å². The second-order valence-electron chi connectivity index (χ2n) is 14.1. The molecule has 0 bridgehead atoms. The van der Waals surface area contributed by atoms with Gasteiger partial charge in [-0.05, 0) is 109 Å². The van der Waals surface area contributed by atoms with Crippen LogP contribution in [0.5, 0.6) is 0 Å². The molecular formula is C50H29NO. The number of aromatic nitrogens is 1. The number of hydrogen-bond donors (Lipinski definition) is 0. The van der Waals surface area contributed by atoms with Gasteiger partial charge < -0.3 is 8.98 Å². The Hall–Kier alpha value is -6.90. The topological polar surface area (TPSA) is 18.1 Å². The van der Waals surface area contributed by atoms with Crippen molar-refractivity contribution in [2.45, 2.75) is 0 Å². The highest BCUT2D eigenvalue weighted by Gasteiger charge is 2.21. The van der Waals surface area contributed by atoms with Crippen LogP contribution < -0.4 is 0 Å². The van der Waals surface area contributed by atoms with Crippen LogP contribution in [-0.2, 0) is 0 Å². The monoisotopic (exact) mass is 659 g/mol. The SMILES string of the molecule is c1ccc(-n2c3ccccc3c3cc(-c4ccc5c(c4)oc4c6cccc7c(-c8ccc9ccccc9c8)cc8cccc(c54)c8c76)ccc32)cc1. The summed E-state index contributed by atoms with van der Waals surface area (Å²) in [5.74, 6) is 0. The van der Waals surface area contributed by atoms with Crippen LogP contribution in [-0.4, -0.2) is 4.57 Å². The number of furan rings is 1. The van der Waals surface area contributed by atoms with Gasteiger partial charge in [-0.3, -0.25) is 0 Å². The molecule has 0 aliphatic heterocycles. The third-order valence-corrected chi connectivity index (χ3v) is 11.3. The van der Waals surface area contributed by atoms with Gasteiger partial charge in [0.05, 0.1) is 11.0 Å². The number of nitrogens with zero attached hydrogens (tertiary/aromatic N) is 1. The summed E-state index contributed by atoms with van der Waals surface area (Å²) in [5.41, 5.74) is 10.2. The van der Waals surface area contributed by atoms with Crippen molar-refractivity contribution >= 4 is 86.8 Å². The van der Waals surface area contributed by atoms with Gasteiger partial charge in [0, 0.05) is 38.0 Å². The minimum absolute atomic E-state index is 0.908. The van der Waals surface area contributed by atoms with Crippen LogP contribution >= 0.6 is 0 Å². The van der Waals surface area contributed by atoms with Gasteiger partial charge in [0.2, 0.25) is 0 Å². The first-order valence-electron chi connectivity index (χ1n) is 17.9. The third kappa shape index (κ3) is 3.78. The first kappa shape index (κ1) is 27.9. The lowest BCUT2D eigenvalue weighted by Gasteiger charge is -2.16. The molecular weight excluding hydrogens is 631 g/mol. The van der Waals surface area contributed by atoms with Gasteiger partial charge in [0.1, 0.15) is 11.2 Å². The fourth-order valence-corrected chi connectivity index (χ4v) is 8.98. The average molecular weight is 660 g/mol. The van der Waals surface area contributed by atoms with E-state index in [4.69, 9.17) is 4.42 Å². The molecule has 12 aromatic rings. The highest BCUT2D eigenvalue weighted by atomic mass is 16.3. The van der Waals surface area contributed by atoms with E-state index >= 15 is 0 Å². The zero-order valence-corrected chi connectivity index (χ0v) is 28.1. The molecule has 2 heterocycles. The molecule has 0 aliphatic carbocycles. The first-order chi connectivity index (χ1) is 25.8. The number of hydrogen-bond acceptors (Lipinski definition) is 1. The Morgan fingerprint density at radius 3 is 1.98 bits per heavy atom. The molecule has 2 aromatic heterocycles. The summed E-state index contributed by atoms with van der Waals surface area (Å²) in [5, 5.41) is 14.8. The molecule has 10 aromatic carbocycles. The van der Waals surface area contributed by atoms with E-state index in [1.54, 1.807) is 0 Å². The number of rotatable bonds is 3. The molecule has 0 atom stereocenters. The molecule has 0 saturated carbocycles. The van der Waals surface area contributed by atoms with E-state index in [2.05, 4.69) is 180 Å². The minimum Gasteiger partial charge on any atom is -0.455 e. The second kappa shape index (κ2) is 10.3. The van der Waals surface area contributed by atoms with Gasteiger partial charge in [0.15, 0.2) is 0 Å². The Morgan fingerprint density at radius 1 is 0.346 bits per heavy atom. The quantitative estimate of drug-likeness (QED) is 0.173. The Balaban J connectivity index is 1.08. The van der Waals surface area contributed by atoms with Crippen molar-refractivity contribution in [3.8, 4) is 27.9 Å². The zero-order chi connectivity index (χ0) is 33.9. The van der Waals surface area contributed by atoms with Gasteiger partial charge in [-0.15, -0.1) is 0 Å². The predicted octanol–water partition coefficient (Wildman–Crippen LogP) is 14.1. The Morgan fingerprint density at radius 2 is 1.04 bits per heavy atom. The van der Waals surface area contributed by atoms with Crippen molar-refractivity contribution in [3.63, 3.8) is 0 Å². The maximum absolute atomic E-state index is 6.95. The summed E-state index contributed by atoms with van der Waals surface area (Å²) >= 11 is 0. The molecule has 0 radical (unpaired) electrons. The standard InChI is InChI=1S/C50H29NO/c1-2-13-36(14-3-1)51-44-19-7-6-15-37(44)43-27-32(23-25-45(43)51)33-22-24-39-46(29-33)52-50-41-18-9-16-38-42(34-21-20-30-10-4-5-11-31(30)26-34)28-35-12-8-17-40(49(39)50)47(35)48(38)41/h1-29H. The number of benzene rings is 10. The molecule has 0 unspecified atom stereocenters. The molecule has 0 aliphatic rings. The van der Waals surface area contributed by atoms with E-state index in [-0.39, 0.29) is 0 Å². The van der Waals surface area contributed by atoms with Crippen LogP contribution in [0.2, 0.25) is 0 Å². The van der Waals surface area contributed by atoms with Gasteiger partial charge in [0.25, 0.3) is 0 Å². The number of para-hydroxylation sites is 2. The Labute approximate surface area is 298 Å². The molecule has 240 valence electrons. The fourth-order valence-electron chi connectivity index (χ4n) is 8.98. The zero-order valence-electron chi connectivity index (χ0n) is 28.1. The molecule has 0 amide bonds. The Kier molecular flexibility index (Phi) is 5.53. The average Bonchev–Trinajstić information content (AvgIpc) is 3.76. The van der Waals surface area contributed by atoms with E-state index in [1.807, 2.05) is 0 Å². The maximum Gasteiger partial charge on any atom is 0.143 e.